The van der Waals surface area contributed by atoms with Gasteiger partial charge in [0.2, 0.25) is 11.7 Å². The third-order valence-corrected chi connectivity index (χ3v) is 6.43. The molecule has 0 radical (unpaired) electrons. The standard InChI is InChI=1S/C29H28N6O2/c1-2-3-11-24-20-35(27(36)18-21-9-5-4-6-10-21)29(37)34(24)19-22-14-16-23(17-15-22)25-12-7-8-13-26(25)28-30-32-33-31-28/h4-10,12-17,20H,2-3,11,18-19H2,1H3,(H,30,31,32,33). The van der Waals surface area contributed by atoms with Gasteiger partial charge < -0.3 is 0 Å². The fourth-order valence-corrected chi connectivity index (χ4v) is 4.47. The van der Waals surface area contributed by atoms with E-state index in [9.17, 15) is 9.59 Å². The van der Waals surface area contributed by atoms with E-state index in [4.69, 9.17) is 0 Å². The van der Waals surface area contributed by atoms with Gasteiger partial charge in [0, 0.05) is 17.5 Å². The van der Waals surface area contributed by atoms with Gasteiger partial charge in [-0.2, -0.15) is 5.21 Å². The molecule has 0 spiro atoms. The summed E-state index contributed by atoms with van der Waals surface area (Å²) in [5, 5.41) is 14.4. The molecule has 0 saturated carbocycles. The lowest BCUT2D eigenvalue weighted by atomic mass is 9.98. The van der Waals surface area contributed by atoms with Gasteiger partial charge in [0.05, 0.1) is 13.0 Å². The molecule has 37 heavy (non-hydrogen) atoms. The van der Waals surface area contributed by atoms with E-state index < -0.39 is 0 Å². The van der Waals surface area contributed by atoms with Crippen LogP contribution in [-0.2, 0) is 19.4 Å². The summed E-state index contributed by atoms with van der Waals surface area (Å²) >= 11 is 0. The van der Waals surface area contributed by atoms with Gasteiger partial charge in [0.15, 0.2) is 0 Å². The minimum Gasteiger partial charge on any atom is -0.292 e. The lowest BCUT2D eigenvalue weighted by Gasteiger charge is -2.10. The van der Waals surface area contributed by atoms with Gasteiger partial charge in [-0.3, -0.25) is 9.36 Å². The van der Waals surface area contributed by atoms with Gasteiger partial charge in [-0.05, 0) is 40.3 Å². The number of rotatable bonds is 9. The normalized spacial score (nSPS) is 11.1. The van der Waals surface area contributed by atoms with E-state index in [2.05, 4.69) is 27.5 Å². The Hall–Kier alpha value is -4.59. The number of aromatic nitrogens is 6. The van der Waals surface area contributed by atoms with Crippen molar-refractivity contribution in [3.05, 3.63) is 112 Å². The number of nitrogens with one attached hydrogen (secondary N) is 1. The highest BCUT2D eigenvalue weighted by molar-refractivity contribution is 5.81. The summed E-state index contributed by atoms with van der Waals surface area (Å²) in [4.78, 5) is 26.3. The third kappa shape index (κ3) is 5.33. The Morgan fingerprint density at radius 1 is 0.892 bits per heavy atom. The van der Waals surface area contributed by atoms with Crippen molar-refractivity contribution in [2.75, 3.05) is 0 Å². The topological polar surface area (TPSA) is 98.5 Å². The number of benzene rings is 3. The Morgan fingerprint density at radius 2 is 1.62 bits per heavy atom. The molecule has 0 atom stereocenters. The molecule has 8 nitrogen and oxygen atoms in total. The second-order valence-corrected chi connectivity index (χ2v) is 9.00. The van der Waals surface area contributed by atoms with Gasteiger partial charge in [-0.15, -0.1) is 10.2 Å². The fraction of sp³-hybridized carbons (Fsp3) is 0.207. The monoisotopic (exact) mass is 492 g/mol. The number of carbonyl (C=O) groups is 1. The number of aryl methyl sites for hydroxylation is 1. The highest BCUT2D eigenvalue weighted by Gasteiger charge is 2.17. The van der Waals surface area contributed by atoms with E-state index in [0.717, 1.165) is 52.8 Å². The molecular formula is C29H28N6O2. The summed E-state index contributed by atoms with van der Waals surface area (Å²) in [6, 6.07) is 25.5. The molecule has 2 aromatic heterocycles. The van der Waals surface area contributed by atoms with Crippen molar-refractivity contribution in [2.24, 2.45) is 0 Å². The summed E-state index contributed by atoms with van der Waals surface area (Å²) in [6.45, 7) is 2.52. The lowest BCUT2D eigenvalue weighted by molar-refractivity contribution is 0.0909. The summed E-state index contributed by atoms with van der Waals surface area (Å²) in [7, 11) is 0. The van der Waals surface area contributed by atoms with Crippen LogP contribution >= 0.6 is 0 Å². The zero-order chi connectivity index (χ0) is 25.6. The molecule has 0 amide bonds. The van der Waals surface area contributed by atoms with Crippen molar-refractivity contribution in [2.45, 2.75) is 39.2 Å². The second kappa shape index (κ2) is 11.0. The minimum atomic E-state index is -0.293. The Bertz CT molecular complexity index is 1530. The average Bonchev–Trinajstić information content (AvgIpc) is 3.57. The van der Waals surface area contributed by atoms with Crippen molar-refractivity contribution in [3.8, 4) is 22.5 Å². The van der Waals surface area contributed by atoms with Crippen LogP contribution in [0.3, 0.4) is 0 Å². The fourth-order valence-electron chi connectivity index (χ4n) is 4.47. The molecule has 0 saturated heterocycles. The highest BCUT2D eigenvalue weighted by Crippen LogP contribution is 2.29. The Balaban J connectivity index is 1.41. The van der Waals surface area contributed by atoms with E-state index in [1.54, 1.807) is 10.8 Å². The highest BCUT2D eigenvalue weighted by atomic mass is 16.2. The zero-order valence-electron chi connectivity index (χ0n) is 20.7. The van der Waals surface area contributed by atoms with Crippen molar-refractivity contribution in [3.63, 3.8) is 0 Å². The van der Waals surface area contributed by atoms with E-state index in [1.165, 1.54) is 4.57 Å². The first-order valence-electron chi connectivity index (χ1n) is 12.4. The minimum absolute atomic E-state index is 0.187. The molecule has 2 heterocycles. The van der Waals surface area contributed by atoms with Crippen LogP contribution in [0, 0.1) is 0 Å². The number of hydrogen-bond acceptors (Lipinski definition) is 5. The smallest absolute Gasteiger partial charge is 0.292 e. The molecule has 0 aliphatic heterocycles. The van der Waals surface area contributed by atoms with Crippen LogP contribution in [0.25, 0.3) is 22.5 Å². The number of unbranched alkanes of at least 4 members (excludes halogenated alkanes) is 1. The maximum absolute atomic E-state index is 13.3. The molecule has 3 aromatic carbocycles. The van der Waals surface area contributed by atoms with Gasteiger partial charge in [-0.1, -0.05) is 92.2 Å². The summed E-state index contributed by atoms with van der Waals surface area (Å²) in [6.07, 6.45) is 4.60. The van der Waals surface area contributed by atoms with Crippen molar-refractivity contribution in [1.29, 1.82) is 0 Å². The lowest BCUT2D eigenvalue weighted by Crippen LogP contribution is -2.30. The number of hydrogen-bond donors (Lipinski definition) is 1. The Kier molecular flexibility index (Phi) is 7.16. The van der Waals surface area contributed by atoms with E-state index in [-0.39, 0.29) is 18.0 Å². The molecule has 0 aliphatic carbocycles. The van der Waals surface area contributed by atoms with Gasteiger partial charge >= 0.3 is 5.69 Å². The maximum atomic E-state index is 13.3. The number of tetrazole rings is 1. The number of aromatic amines is 1. The molecule has 0 bridgehead atoms. The molecule has 5 aromatic rings. The van der Waals surface area contributed by atoms with Crippen LogP contribution in [0.1, 0.15) is 41.4 Å². The summed E-state index contributed by atoms with van der Waals surface area (Å²) in [5.74, 6) is 0.314. The molecule has 0 unspecified atom stereocenters. The molecule has 0 fully saturated rings. The number of H-pyrrole nitrogens is 1. The number of nitrogens with zero attached hydrogens (tertiary/aromatic N) is 5. The molecule has 8 heteroatoms. The molecular weight excluding hydrogens is 464 g/mol. The Morgan fingerprint density at radius 3 is 2.32 bits per heavy atom. The van der Waals surface area contributed by atoms with E-state index >= 15 is 0 Å². The second-order valence-electron chi connectivity index (χ2n) is 9.00. The first kappa shape index (κ1) is 24.1. The van der Waals surface area contributed by atoms with Gasteiger partial charge in [-0.25, -0.2) is 9.36 Å². The van der Waals surface area contributed by atoms with E-state index in [1.807, 2.05) is 78.9 Å². The molecule has 0 aliphatic rings. The predicted molar refractivity (Wildman–Crippen MR) is 142 cm³/mol. The van der Waals surface area contributed by atoms with Crippen LogP contribution in [-0.4, -0.2) is 35.7 Å². The van der Waals surface area contributed by atoms with Crippen LogP contribution in [0.4, 0.5) is 0 Å². The SMILES string of the molecule is CCCCc1cn(C(=O)Cc2ccccc2)c(=O)n1Cc1ccc(-c2ccccc2-c2nn[nH]n2)cc1. The Labute approximate surface area is 214 Å². The molecule has 186 valence electrons. The van der Waals surface area contributed by atoms with Crippen LogP contribution in [0.5, 0.6) is 0 Å². The number of carbonyl (C=O) groups excluding carboxylic acids is 1. The quantitative estimate of drug-likeness (QED) is 0.320. The average molecular weight is 493 g/mol. The van der Waals surface area contributed by atoms with Crippen molar-refractivity contribution < 1.29 is 4.79 Å². The third-order valence-electron chi connectivity index (χ3n) is 6.43. The summed E-state index contributed by atoms with van der Waals surface area (Å²) < 4.78 is 2.99. The van der Waals surface area contributed by atoms with Gasteiger partial charge in [0.25, 0.3) is 0 Å². The largest absolute Gasteiger partial charge is 0.335 e. The van der Waals surface area contributed by atoms with Crippen molar-refractivity contribution >= 4 is 5.91 Å². The number of imidazole rings is 1. The van der Waals surface area contributed by atoms with Gasteiger partial charge in [0.1, 0.15) is 0 Å². The first-order chi connectivity index (χ1) is 18.1. The molecule has 5 rings (SSSR count). The van der Waals surface area contributed by atoms with Crippen molar-refractivity contribution in [1.82, 2.24) is 29.8 Å². The zero-order valence-corrected chi connectivity index (χ0v) is 20.7. The van der Waals surface area contributed by atoms with Crippen LogP contribution < -0.4 is 5.69 Å². The first-order valence-corrected chi connectivity index (χ1v) is 12.4. The maximum Gasteiger partial charge on any atom is 0.335 e. The summed E-state index contributed by atoms with van der Waals surface area (Å²) in [5.41, 5.74) is 5.34. The van der Waals surface area contributed by atoms with E-state index in [0.29, 0.717) is 12.4 Å². The molecule has 1 N–H and O–H groups in total. The van der Waals surface area contributed by atoms with Crippen LogP contribution in [0.2, 0.25) is 0 Å². The van der Waals surface area contributed by atoms with Crippen LogP contribution in [0.15, 0.2) is 89.9 Å². The predicted octanol–water partition coefficient (Wildman–Crippen LogP) is 4.77.